The standard InChI is InChI=1S/C13H16N6O2/c1-3-9-14-6-8-13(21)17-10-11(18(2)4-5-20)15-7-16-12(10)19(8)9/h6-7,20H,3-5H2,1-2H3,(H,17,21). The summed E-state index contributed by atoms with van der Waals surface area (Å²) in [5.41, 5.74) is 1.38. The number of nitrogens with zero attached hydrogens (tertiary/aromatic N) is 5. The molecular formula is C13H16N6O2. The third-order valence-corrected chi connectivity index (χ3v) is 3.44. The molecule has 0 atom stereocenters. The molecule has 0 aliphatic heterocycles. The monoisotopic (exact) mass is 288 g/mol. The van der Waals surface area contributed by atoms with E-state index >= 15 is 0 Å². The summed E-state index contributed by atoms with van der Waals surface area (Å²) < 4.78 is 1.76. The number of aromatic nitrogens is 5. The Kier molecular flexibility index (Phi) is 3.30. The van der Waals surface area contributed by atoms with E-state index in [2.05, 4.69) is 19.9 Å². The lowest BCUT2D eigenvalue weighted by Gasteiger charge is -2.18. The van der Waals surface area contributed by atoms with Crippen LogP contribution >= 0.6 is 0 Å². The van der Waals surface area contributed by atoms with Crippen LogP contribution in [0.4, 0.5) is 5.82 Å². The SMILES string of the molecule is CCc1ncc2c(=O)[nH]c3c(N(C)CCO)ncnc3n12. The lowest BCUT2D eigenvalue weighted by Crippen LogP contribution is -2.24. The number of hydrogen-bond acceptors (Lipinski definition) is 6. The van der Waals surface area contributed by atoms with Gasteiger partial charge < -0.3 is 15.0 Å². The summed E-state index contributed by atoms with van der Waals surface area (Å²) in [5.74, 6) is 1.35. The van der Waals surface area contributed by atoms with E-state index in [1.807, 2.05) is 6.92 Å². The minimum absolute atomic E-state index is 0.000240. The number of likely N-dealkylation sites (N-methyl/N-ethyl adjacent to an activating group) is 1. The predicted octanol–water partition coefficient (Wildman–Crippen LogP) is -0.0433. The van der Waals surface area contributed by atoms with Gasteiger partial charge in [0.05, 0.1) is 12.8 Å². The Labute approximate surface area is 120 Å². The van der Waals surface area contributed by atoms with E-state index in [1.54, 1.807) is 22.5 Å². The lowest BCUT2D eigenvalue weighted by molar-refractivity contribution is 0.304. The van der Waals surface area contributed by atoms with E-state index in [-0.39, 0.29) is 12.2 Å². The number of aliphatic hydroxyl groups is 1. The maximum atomic E-state index is 12.2. The zero-order valence-corrected chi connectivity index (χ0v) is 11.9. The van der Waals surface area contributed by atoms with Gasteiger partial charge in [-0.1, -0.05) is 6.92 Å². The van der Waals surface area contributed by atoms with Crippen molar-refractivity contribution in [3.05, 3.63) is 28.7 Å². The van der Waals surface area contributed by atoms with Gasteiger partial charge in [0.25, 0.3) is 5.56 Å². The molecule has 0 unspecified atom stereocenters. The topological polar surface area (TPSA) is 99.4 Å². The fourth-order valence-electron chi connectivity index (χ4n) is 2.41. The Morgan fingerprint density at radius 2 is 2.19 bits per heavy atom. The van der Waals surface area contributed by atoms with Gasteiger partial charge in [-0.2, -0.15) is 0 Å². The molecule has 0 spiro atoms. The van der Waals surface area contributed by atoms with Gasteiger partial charge >= 0.3 is 0 Å². The van der Waals surface area contributed by atoms with Crippen molar-refractivity contribution >= 4 is 22.5 Å². The lowest BCUT2D eigenvalue weighted by atomic mass is 10.4. The number of nitrogens with one attached hydrogen (secondary N) is 1. The molecule has 3 aromatic rings. The maximum Gasteiger partial charge on any atom is 0.274 e. The van der Waals surface area contributed by atoms with Crippen LogP contribution in [-0.2, 0) is 6.42 Å². The molecule has 21 heavy (non-hydrogen) atoms. The van der Waals surface area contributed by atoms with Gasteiger partial charge in [0, 0.05) is 20.0 Å². The smallest absolute Gasteiger partial charge is 0.274 e. The zero-order valence-electron chi connectivity index (χ0n) is 11.9. The first-order valence-corrected chi connectivity index (χ1v) is 6.72. The number of aryl methyl sites for hydroxylation is 1. The molecule has 110 valence electrons. The van der Waals surface area contributed by atoms with Crippen molar-refractivity contribution in [2.45, 2.75) is 13.3 Å². The summed E-state index contributed by atoms with van der Waals surface area (Å²) in [7, 11) is 1.80. The molecule has 0 aromatic carbocycles. The summed E-state index contributed by atoms with van der Waals surface area (Å²) in [5, 5.41) is 9.07. The van der Waals surface area contributed by atoms with E-state index < -0.39 is 0 Å². The highest BCUT2D eigenvalue weighted by molar-refractivity contribution is 5.84. The van der Waals surface area contributed by atoms with Crippen molar-refractivity contribution in [2.24, 2.45) is 0 Å². The normalized spacial score (nSPS) is 11.4. The van der Waals surface area contributed by atoms with Crippen molar-refractivity contribution < 1.29 is 5.11 Å². The molecule has 0 bridgehead atoms. The second-order valence-corrected chi connectivity index (χ2v) is 4.74. The number of imidazole rings is 1. The summed E-state index contributed by atoms with van der Waals surface area (Å²) in [6, 6.07) is 0. The van der Waals surface area contributed by atoms with Crippen LogP contribution in [0.5, 0.6) is 0 Å². The number of fused-ring (bicyclic) bond motifs is 3. The van der Waals surface area contributed by atoms with Crippen molar-refractivity contribution in [2.75, 3.05) is 25.1 Å². The molecule has 3 heterocycles. The Hall–Kier alpha value is -2.48. The van der Waals surface area contributed by atoms with Crippen LogP contribution in [0.15, 0.2) is 17.3 Å². The van der Waals surface area contributed by atoms with E-state index in [1.165, 1.54) is 6.33 Å². The predicted molar refractivity (Wildman–Crippen MR) is 78.6 cm³/mol. The highest BCUT2D eigenvalue weighted by atomic mass is 16.3. The number of hydrogen-bond donors (Lipinski definition) is 2. The van der Waals surface area contributed by atoms with Gasteiger partial charge in [0.15, 0.2) is 11.5 Å². The molecule has 8 heteroatoms. The van der Waals surface area contributed by atoms with E-state index in [4.69, 9.17) is 5.11 Å². The number of H-pyrrole nitrogens is 1. The first-order chi connectivity index (χ1) is 10.2. The summed E-state index contributed by atoms with van der Waals surface area (Å²) >= 11 is 0. The van der Waals surface area contributed by atoms with Crippen molar-refractivity contribution in [3.8, 4) is 0 Å². The van der Waals surface area contributed by atoms with Crippen LogP contribution in [-0.4, -0.2) is 49.6 Å². The van der Waals surface area contributed by atoms with Gasteiger partial charge in [-0.05, 0) is 0 Å². The second-order valence-electron chi connectivity index (χ2n) is 4.74. The fourth-order valence-corrected chi connectivity index (χ4v) is 2.41. The molecular weight excluding hydrogens is 272 g/mol. The average molecular weight is 288 g/mol. The summed E-state index contributed by atoms with van der Waals surface area (Å²) in [4.78, 5) is 29.6. The van der Waals surface area contributed by atoms with Crippen LogP contribution in [0, 0.1) is 0 Å². The van der Waals surface area contributed by atoms with Gasteiger partial charge in [-0.15, -0.1) is 0 Å². The minimum atomic E-state index is -0.233. The molecule has 2 N–H and O–H groups in total. The Morgan fingerprint density at radius 3 is 2.90 bits per heavy atom. The molecule has 0 aliphatic rings. The van der Waals surface area contributed by atoms with E-state index in [9.17, 15) is 4.79 Å². The van der Waals surface area contributed by atoms with E-state index in [0.29, 0.717) is 35.5 Å². The van der Waals surface area contributed by atoms with Crippen LogP contribution in [0.2, 0.25) is 0 Å². The van der Waals surface area contributed by atoms with Crippen LogP contribution < -0.4 is 10.5 Å². The molecule has 8 nitrogen and oxygen atoms in total. The summed E-state index contributed by atoms with van der Waals surface area (Å²) in [6.07, 6.45) is 3.69. The Morgan fingerprint density at radius 1 is 1.38 bits per heavy atom. The van der Waals surface area contributed by atoms with Gasteiger partial charge in [-0.25, -0.2) is 15.0 Å². The molecule has 3 rings (SSSR count). The molecule has 0 aliphatic carbocycles. The maximum absolute atomic E-state index is 12.2. The average Bonchev–Trinajstić information content (AvgIpc) is 2.92. The van der Waals surface area contributed by atoms with Gasteiger partial charge in [-0.3, -0.25) is 9.20 Å². The molecule has 0 saturated heterocycles. The van der Waals surface area contributed by atoms with Crippen LogP contribution in [0.3, 0.4) is 0 Å². The Balaban J connectivity index is 2.40. The highest BCUT2D eigenvalue weighted by Gasteiger charge is 2.15. The number of anilines is 1. The highest BCUT2D eigenvalue weighted by Crippen LogP contribution is 2.20. The number of aromatic amines is 1. The Bertz CT molecular complexity index is 853. The van der Waals surface area contributed by atoms with Crippen molar-refractivity contribution in [1.29, 1.82) is 0 Å². The fraction of sp³-hybridized carbons (Fsp3) is 0.385. The first-order valence-electron chi connectivity index (χ1n) is 6.72. The first kappa shape index (κ1) is 13.5. The van der Waals surface area contributed by atoms with E-state index in [0.717, 1.165) is 5.82 Å². The third-order valence-electron chi connectivity index (χ3n) is 3.44. The summed E-state index contributed by atoms with van der Waals surface area (Å²) in [6.45, 7) is 2.39. The molecule has 0 fully saturated rings. The third kappa shape index (κ3) is 2.04. The molecule has 3 aromatic heterocycles. The van der Waals surface area contributed by atoms with Gasteiger partial charge in [0.2, 0.25) is 0 Å². The number of rotatable bonds is 4. The van der Waals surface area contributed by atoms with Crippen LogP contribution in [0.1, 0.15) is 12.7 Å². The largest absolute Gasteiger partial charge is 0.395 e. The zero-order chi connectivity index (χ0) is 15.0. The van der Waals surface area contributed by atoms with Crippen molar-refractivity contribution in [1.82, 2.24) is 24.3 Å². The minimum Gasteiger partial charge on any atom is -0.395 e. The second kappa shape index (κ2) is 5.13. The number of aliphatic hydroxyl groups excluding tert-OH is 1. The molecule has 0 radical (unpaired) electrons. The molecule has 0 amide bonds. The van der Waals surface area contributed by atoms with Crippen LogP contribution in [0.25, 0.3) is 16.7 Å². The molecule has 0 saturated carbocycles. The van der Waals surface area contributed by atoms with Gasteiger partial charge in [0.1, 0.15) is 23.2 Å². The van der Waals surface area contributed by atoms with Crippen molar-refractivity contribution in [3.63, 3.8) is 0 Å². The quantitative estimate of drug-likeness (QED) is 0.698.